The molecule has 0 aliphatic rings. The van der Waals surface area contributed by atoms with Gasteiger partial charge < -0.3 is 0 Å². The average molecular weight is 215 g/mol. The molecule has 0 aromatic heterocycles. The highest BCUT2D eigenvalue weighted by Crippen LogP contribution is 2.30. The molecule has 0 radical (unpaired) electrons. The summed E-state index contributed by atoms with van der Waals surface area (Å²) in [5.41, 5.74) is 0.956. The predicted octanol–water partition coefficient (Wildman–Crippen LogP) is 3.73. The second-order valence-corrected chi connectivity index (χ2v) is 5.10. The number of carbonyl (C=O) groups is 1. The van der Waals surface area contributed by atoms with Crippen molar-refractivity contribution in [3.63, 3.8) is 0 Å². The van der Waals surface area contributed by atoms with Gasteiger partial charge in [0.05, 0.1) is 0 Å². The number of hydrogen-bond donors (Lipinski definition) is 0. The van der Waals surface area contributed by atoms with Gasteiger partial charge in [-0.15, -0.1) is 11.6 Å². The van der Waals surface area contributed by atoms with E-state index in [0.29, 0.717) is 0 Å². The molecule has 0 fully saturated rings. The molecule has 2 heteroatoms. The van der Waals surface area contributed by atoms with Gasteiger partial charge in [-0.3, -0.25) is 4.79 Å². The lowest BCUT2D eigenvalue weighted by Crippen LogP contribution is -2.30. The SMILES string of the molecule is C=CC(=C)CCC(C(C)=O)C(C)(C)Cl. The summed E-state index contributed by atoms with van der Waals surface area (Å²) in [6.07, 6.45) is 3.25. The van der Waals surface area contributed by atoms with Gasteiger partial charge in [0.15, 0.2) is 0 Å². The van der Waals surface area contributed by atoms with Crippen molar-refractivity contribution in [2.45, 2.75) is 38.5 Å². The van der Waals surface area contributed by atoms with Crippen molar-refractivity contribution in [1.82, 2.24) is 0 Å². The maximum Gasteiger partial charge on any atom is 0.134 e. The molecule has 0 N–H and O–H groups in total. The number of Topliss-reactive ketones (excluding diaryl/α,β-unsaturated/α-hetero) is 1. The minimum Gasteiger partial charge on any atom is -0.300 e. The Kier molecular flexibility index (Phi) is 5.14. The Hall–Kier alpha value is -0.560. The number of halogens is 1. The lowest BCUT2D eigenvalue weighted by molar-refractivity contribution is -0.121. The van der Waals surface area contributed by atoms with Crippen LogP contribution < -0.4 is 0 Å². The van der Waals surface area contributed by atoms with Gasteiger partial charge in [-0.05, 0) is 33.6 Å². The first kappa shape index (κ1) is 13.4. The molecule has 0 heterocycles. The van der Waals surface area contributed by atoms with Gasteiger partial charge in [0.2, 0.25) is 0 Å². The van der Waals surface area contributed by atoms with Gasteiger partial charge in [0.1, 0.15) is 5.78 Å². The molecule has 0 bridgehead atoms. The molecule has 0 rings (SSSR count). The maximum atomic E-state index is 11.4. The summed E-state index contributed by atoms with van der Waals surface area (Å²) >= 11 is 6.14. The van der Waals surface area contributed by atoms with Crippen molar-refractivity contribution >= 4 is 17.4 Å². The van der Waals surface area contributed by atoms with E-state index < -0.39 is 4.87 Å². The minimum atomic E-state index is -0.479. The largest absolute Gasteiger partial charge is 0.300 e. The fourth-order valence-corrected chi connectivity index (χ4v) is 1.72. The molecule has 14 heavy (non-hydrogen) atoms. The topological polar surface area (TPSA) is 17.1 Å². The molecule has 0 saturated heterocycles. The first-order chi connectivity index (χ1) is 6.29. The van der Waals surface area contributed by atoms with Crippen LogP contribution in [0.5, 0.6) is 0 Å². The van der Waals surface area contributed by atoms with Crippen molar-refractivity contribution in [1.29, 1.82) is 0 Å². The van der Waals surface area contributed by atoms with E-state index >= 15 is 0 Å². The number of alkyl halides is 1. The molecule has 0 aliphatic heterocycles. The van der Waals surface area contributed by atoms with Crippen molar-refractivity contribution < 1.29 is 4.79 Å². The normalized spacial score (nSPS) is 13.4. The summed E-state index contributed by atoms with van der Waals surface area (Å²) in [6, 6.07) is 0. The van der Waals surface area contributed by atoms with Crippen LogP contribution in [0.3, 0.4) is 0 Å². The van der Waals surface area contributed by atoms with E-state index in [4.69, 9.17) is 11.6 Å². The van der Waals surface area contributed by atoms with Crippen LogP contribution in [0.4, 0.5) is 0 Å². The van der Waals surface area contributed by atoms with Gasteiger partial charge in [0.25, 0.3) is 0 Å². The van der Waals surface area contributed by atoms with E-state index in [-0.39, 0.29) is 11.7 Å². The predicted molar refractivity (Wildman–Crippen MR) is 62.7 cm³/mol. The number of rotatable bonds is 6. The zero-order valence-electron chi connectivity index (χ0n) is 9.27. The van der Waals surface area contributed by atoms with Crippen LogP contribution in [-0.2, 0) is 4.79 Å². The highest BCUT2D eigenvalue weighted by atomic mass is 35.5. The molecular weight excluding hydrogens is 196 g/mol. The van der Waals surface area contributed by atoms with Crippen LogP contribution in [0.2, 0.25) is 0 Å². The van der Waals surface area contributed by atoms with Crippen LogP contribution in [0.15, 0.2) is 24.8 Å². The molecule has 0 spiro atoms. The van der Waals surface area contributed by atoms with Gasteiger partial charge >= 0.3 is 0 Å². The molecule has 1 unspecified atom stereocenters. The van der Waals surface area contributed by atoms with E-state index in [1.807, 2.05) is 13.8 Å². The fourth-order valence-electron chi connectivity index (χ4n) is 1.46. The standard InChI is InChI=1S/C12H19ClO/c1-6-9(2)7-8-11(10(3)14)12(4,5)13/h6,11H,1-2,7-8H2,3-5H3. The number of ketones is 1. The maximum absolute atomic E-state index is 11.4. The van der Waals surface area contributed by atoms with Gasteiger partial charge in [0, 0.05) is 10.8 Å². The fraction of sp³-hybridized carbons (Fsp3) is 0.583. The lowest BCUT2D eigenvalue weighted by Gasteiger charge is -2.26. The zero-order valence-corrected chi connectivity index (χ0v) is 10.0. The molecular formula is C12H19ClO. The first-order valence-corrected chi connectivity index (χ1v) is 5.16. The Morgan fingerprint density at radius 1 is 1.57 bits per heavy atom. The van der Waals surface area contributed by atoms with E-state index in [0.717, 1.165) is 18.4 Å². The van der Waals surface area contributed by atoms with Crippen LogP contribution >= 0.6 is 11.6 Å². The third-order valence-corrected chi connectivity index (χ3v) is 2.63. The average Bonchev–Trinajstić information content (AvgIpc) is 2.01. The summed E-state index contributed by atoms with van der Waals surface area (Å²) in [6.45, 7) is 12.8. The Labute approximate surface area is 91.8 Å². The van der Waals surface area contributed by atoms with Gasteiger partial charge in [-0.1, -0.05) is 24.8 Å². The Bertz CT molecular complexity index is 235. The van der Waals surface area contributed by atoms with E-state index in [1.54, 1.807) is 13.0 Å². The second-order valence-electron chi connectivity index (χ2n) is 4.13. The number of allylic oxidation sites excluding steroid dienone is 2. The Morgan fingerprint density at radius 2 is 2.07 bits per heavy atom. The molecule has 1 nitrogen and oxygen atoms in total. The van der Waals surface area contributed by atoms with E-state index in [2.05, 4.69) is 13.2 Å². The summed E-state index contributed by atoms with van der Waals surface area (Å²) in [4.78, 5) is 10.9. The van der Waals surface area contributed by atoms with Crippen LogP contribution in [0.25, 0.3) is 0 Å². The summed E-state index contributed by atoms with van der Waals surface area (Å²) in [7, 11) is 0. The van der Waals surface area contributed by atoms with E-state index in [1.165, 1.54) is 0 Å². The minimum absolute atomic E-state index is 0.110. The van der Waals surface area contributed by atoms with E-state index in [9.17, 15) is 4.79 Å². The molecule has 0 amide bonds. The highest BCUT2D eigenvalue weighted by molar-refractivity contribution is 6.25. The second kappa shape index (κ2) is 5.35. The molecule has 80 valence electrons. The quantitative estimate of drug-likeness (QED) is 0.487. The third-order valence-electron chi connectivity index (χ3n) is 2.36. The summed E-state index contributed by atoms with van der Waals surface area (Å²) in [5, 5.41) is 0. The van der Waals surface area contributed by atoms with Crippen molar-refractivity contribution in [2.24, 2.45) is 5.92 Å². The lowest BCUT2D eigenvalue weighted by atomic mass is 9.86. The first-order valence-electron chi connectivity index (χ1n) is 4.78. The van der Waals surface area contributed by atoms with Gasteiger partial charge in [-0.2, -0.15) is 0 Å². The molecule has 0 aliphatic carbocycles. The summed E-state index contributed by atoms with van der Waals surface area (Å²) < 4.78 is 0. The van der Waals surface area contributed by atoms with Crippen molar-refractivity contribution in [3.05, 3.63) is 24.8 Å². The Morgan fingerprint density at radius 3 is 2.36 bits per heavy atom. The monoisotopic (exact) mass is 214 g/mol. The van der Waals surface area contributed by atoms with Crippen LogP contribution in [0, 0.1) is 5.92 Å². The van der Waals surface area contributed by atoms with Crippen LogP contribution in [-0.4, -0.2) is 10.7 Å². The smallest absolute Gasteiger partial charge is 0.134 e. The summed E-state index contributed by atoms with van der Waals surface area (Å²) in [5.74, 6) is 0.0303. The van der Waals surface area contributed by atoms with Crippen molar-refractivity contribution in [2.75, 3.05) is 0 Å². The van der Waals surface area contributed by atoms with Crippen molar-refractivity contribution in [3.8, 4) is 0 Å². The third kappa shape index (κ3) is 4.61. The molecule has 0 saturated carbocycles. The van der Waals surface area contributed by atoms with Gasteiger partial charge in [-0.25, -0.2) is 0 Å². The zero-order chi connectivity index (χ0) is 11.4. The Balaban J connectivity index is 4.33. The number of hydrogen-bond acceptors (Lipinski definition) is 1. The molecule has 1 atom stereocenters. The molecule has 0 aromatic carbocycles. The van der Waals surface area contributed by atoms with Crippen LogP contribution in [0.1, 0.15) is 33.6 Å². The number of carbonyl (C=O) groups excluding carboxylic acids is 1. The molecule has 0 aromatic rings. The highest BCUT2D eigenvalue weighted by Gasteiger charge is 2.30.